The molecule has 4 heteroatoms. The molecule has 19 heavy (non-hydrogen) atoms. The highest BCUT2D eigenvalue weighted by Gasteiger charge is 2.15. The summed E-state index contributed by atoms with van der Waals surface area (Å²) < 4.78 is 28.2. The van der Waals surface area contributed by atoms with Gasteiger partial charge in [0.2, 0.25) is 0 Å². The molecule has 100 valence electrons. The Hall–Kier alpha value is -1.42. The number of anilines is 1. The van der Waals surface area contributed by atoms with Gasteiger partial charge in [0, 0.05) is 10.0 Å². The van der Waals surface area contributed by atoms with E-state index >= 15 is 0 Å². The molecule has 0 saturated heterocycles. The molecule has 2 aromatic carbocycles. The second-order valence-electron chi connectivity index (χ2n) is 4.25. The summed E-state index contributed by atoms with van der Waals surface area (Å²) in [5, 5.41) is 3.05. The normalized spacial score (nSPS) is 12.2. The molecule has 0 fully saturated rings. The van der Waals surface area contributed by atoms with Crippen molar-refractivity contribution in [3.63, 3.8) is 0 Å². The first-order chi connectivity index (χ1) is 9.11. The summed E-state index contributed by atoms with van der Waals surface area (Å²) in [5.74, 6) is -0.636. The first-order valence-corrected chi connectivity index (χ1v) is 6.87. The van der Waals surface area contributed by atoms with Crippen LogP contribution in [0.5, 0.6) is 0 Å². The Morgan fingerprint density at radius 1 is 1.11 bits per heavy atom. The van der Waals surface area contributed by atoms with Crippen LogP contribution in [0, 0.1) is 11.6 Å². The van der Waals surface area contributed by atoms with E-state index in [0.29, 0.717) is 22.1 Å². The van der Waals surface area contributed by atoms with Gasteiger partial charge in [-0.3, -0.25) is 0 Å². The predicted octanol–water partition coefficient (Wildman–Crippen LogP) is 5.29. The van der Waals surface area contributed by atoms with Crippen molar-refractivity contribution in [2.75, 3.05) is 5.32 Å². The molecule has 0 radical (unpaired) electrons. The predicted molar refractivity (Wildman–Crippen MR) is 77.2 cm³/mol. The molecule has 0 spiro atoms. The second kappa shape index (κ2) is 6.15. The largest absolute Gasteiger partial charge is 0.376 e. The van der Waals surface area contributed by atoms with Gasteiger partial charge in [-0.05, 0) is 30.7 Å². The maximum Gasteiger partial charge on any atom is 0.147 e. The number of hydrogen-bond acceptors (Lipinski definition) is 1. The number of halogens is 3. The number of benzene rings is 2. The molecule has 0 aliphatic heterocycles. The quantitative estimate of drug-likeness (QED) is 0.805. The van der Waals surface area contributed by atoms with Crippen molar-refractivity contribution in [3.05, 3.63) is 64.1 Å². The monoisotopic (exact) mass is 325 g/mol. The fraction of sp³-hybridized carbons (Fsp3) is 0.200. The van der Waals surface area contributed by atoms with E-state index in [1.165, 1.54) is 12.1 Å². The van der Waals surface area contributed by atoms with Gasteiger partial charge in [0.1, 0.15) is 11.6 Å². The topological polar surface area (TPSA) is 12.0 Å². The van der Waals surface area contributed by atoms with E-state index in [1.807, 2.05) is 6.92 Å². The van der Waals surface area contributed by atoms with Gasteiger partial charge in [-0.15, -0.1) is 0 Å². The second-order valence-corrected chi connectivity index (χ2v) is 5.17. The van der Waals surface area contributed by atoms with Crippen LogP contribution in [-0.4, -0.2) is 0 Å². The maximum atomic E-state index is 13.8. The summed E-state index contributed by atoms with van der Waals surface area (Å²) in [6.07, 6.45) is 0.663. The molecule has 0 aromatic heterocycles. The van der Waals surface area contributed by atoms with Gasteiger partial charge in [0.25, 0.3) is 0 Å². The minimum Gasteiger partial charge on any atom is -0.376 e. The zero-order valence-corrected chi connectivity index (χ0v) is 12.0. The van der Waals surface area contributed by atoms with E-state index in [-0.39, 0.29) is 17.7 Å². The van der Waals surface area contributed by atoms with Crippen LogP contribution < -0.4 is 5.32 Å². The maximum absolute atomic E-state index is 13.8. The minimum absolute atomic E-state index is 0.253. The molecule has 0 bridgehead atoms. The van der Waals surface area contributed by atoms with Crippen LogP contribution in [0.1, 0.15) is 24.9 Å². The van der Waals surface area contributed by atoms with Gasteiger partial charge in [-0.1, -0.05) is 41.1 Å². The molecule has 1 nitrogen and oxygen atoms in total. The molecule has 1 atom stereocenters. The van der Waals surface area contributed by atoms with Crippen molar-refractivity contribution in [2.24, 2.45) is 0 Å². The smallest absolute Gasteiger partial charge is 0.147 e. The Bertz CT molecular complexity index is 572. The van der Waals surface area contributed by atoms with E-state index < -0.39 is 0 Å². The molecule has 0 amide bonds. The first-order valence-electron chi connectivity index (χ1n) is 6.08. The van der Waals surface area contributed by atoms with Crippen LogP contribution in [0.15, 0.2) is 46.9 Å². The molecule has 1 N–H and O–H groups in total. The average Bonchev–Trinajstić information content (AvgIpc) is 2.39. The molecule has 0 aliphatic rings. The van der Waals surface area contributed by atoms with Crippen LogP contribution in [0.25, 0.3) is 0 Å². The van der Waals surface area contributed by atoms with Crippen molar-refractivity contribution in [1.29, 1.82) is 0 Å². The van der Waals surface area contributed by atoms with Gasteiger partial charge in [-0.25, -0.2) is 8.78 Å². The van der Waals surface area contributed by atoms with Gasteiger partial charge < -0.3 is 5.32 Å². The van der Waals surface area contributed by atoms with Crippen molar-refractivity contribution in [2.45, 2.75) is 19.4 Å². The highest BCUT2D eigenvalue weighted by atomic mass is 79.9. The average molecular weight is 326 g/mol. The Labute approximate surface area is 119 Å². The Morgan fingerprint density at radius 2 is 1.84 bits per heavy atom. The first kappa shape index (κ1) is 14.0. The van der Waals surface area contributed by atoms with E-state index in [1.54, 1.807) is 30.3 Å². The molecule has 2 aromatic rings. The molecular weight excluding hydrogens is 312 g/mol. The summed E-state index contributed by atoms with van der Waals surface area (Å²) in [6.45, 7) is 1.93. The Balaban J connectivity index is 2.27. The van der Waals surface area contributed by atoms with Gasteiger partial charge in [0.05, 0.1) is 11.7 Å². The summed E-state index contributed by atoms with van der Waals surface area (Å²) in [7, 11) is 0. The van der Waals surface area contributed by atoms with Crippen LogP contribution in [0.2, 0.25) is 0 Å². The third-order valence-electron chi connectivity index (χ3n) is 2.95. The summed E-state index contributed by atoms with van der Waals surface area (Å²) in [5.41, 5.74) is 0.922. The SMILES string of the molecule is CCC(Nc1ccc(Br)cc1F)c1ccccc1F. The molecule has 1 unspecified atom stereocenters. The van der Waals surface area contributed by atoms with E-state index in [2.05, 4.69) is 21.2 Å². The fourth-order valence-corrected chi connectivity index (χ4v) is 2.28. The highest BCUT2D eigenvalue weighted by molar-refractivity contribution is 9.10. The third kappa shape index (κ3) is 3.32. The molecule has 0 saturated carbocycles. The summed E-state index contributed by atoms with van der Waals surface area (Å²) in [6, 6.07) is 11.1. The van der Waals surface area contributed by atoms with Gasteiger partial charge >= 0.3 is 0 Å². The van der Waals surface area contributed by atoms with Crippen LogP contribution in [-0.2, 0) is 0 Å². The van der Waals surface area contributed by atoms with E-state index in [9.17, 15) is 8.78 Å². The van der Waals surface area contributed by atoms with Crippen molar-refractivity contribution >= 4 is 21.6 Å². The van der Waals surface area contributed by atoms with Crippen LogP contribution in [0.3, 0.4) is 0 Å². The van der Waals surface area contributed by atoms with Crippen molar-refractivity contribution < 1.29 is 8.78 Å². The Kier molecular flexibility index (Phi) is 4.53. The lowest BCUT2D eigenvalue weighted by atomic mass is 10.0. The zero-order valence-electron chi connectivity index (χ0n) is 10.5. The molecule has 0 heterocycles. The number of hydrogen-bond donors (Lipinski definition) is 1. The standard InChI is InChI=1S/C15H14BrF2N/c1-2-14(11-5-3-4-6-12(11)17)19-15-8-7-10(16)9-13(15)18/h3-9,14,19H,2H2,1H3. The van der Waals surface area contributed by atoms with Gasteiger partial charge in [-0.2, -0.15) is 0 Å². The lowest BCUT2D eigenvalue weighted by Crippen LogP contribution is -2.12. The van der Waals surface area contributed by atoms with Crippen molar-refractivity contribution in [1.82, 2.24) is 0 Å². The minimum atomic E-state index is -0.357. The fourth-order valence-electron chi connectivity index (χ4n) is 1.95. The molecule has 0 aliphatic carbocycles. The number of rotatable bonds is 4. The van der Waals surface area contributed by atoms with Crippen LogP contribution in [0.4, 0.5) is 14.5 Å². The molecule has 2 rings (SSSR count). The highest BCUT2D eigenvalue weighted by Crippen LogP contribution is 2.27. The number of nitrogens with one attached hydrogen (secondary N) is 1. The molecular formula is C15H14BrF2N. The lowest BCUT2D eigenvalue weighted by molar-refractivity contribution is 0.582. The van der Waals surface area contributed by atoms with E-state index in [0.717, 1.165) is 0 Å². The summed E-state index contributed by atoms with van der Waals surface area (Å²) in [4.78, 5) is 0. The van der Waals surface area contributed by atoms with Crippen molar-refractivity contribution in [3.8, 4) is 0 Å². The van der Waals surface area contributed by atoms with Crippen LogP contribution >= 0.6 is 15.9 Å². The third-order valence-corrected chi connectivity index (χ3v) is 3.44. The lowest BCUT2D eigenvalue weighted by Gasteiger charge is -2.19. The zero-order chi connectivity index (χ0) is 13.8. The Morgan fingerprint density at radius 3 is 2.47 bits per heavy atom. The van der Waals surface area contributed by atoms with Gasteiger partial charge in [0.15, 0.2) is 0 Å². The summed E-state index contributed by atoms with van der Waals surface area (Å²) >= 11 is 3.21. The van der Waals surface area contributed by atoms with E-state index in [4.69, 9.17) is 0 Å².